The Kier molecular flexibility index (Phi) is 5.02. The molecule has 3 atom stereocenters. The zero-order valence-corrected chi connectivity index (χ0v) is 13.0. The van der Waals surface area contributed by atoms with Crippen molar-refractivity contribution in [2.75, 3.05) is 13.2 Å². The Morgan fingerprint density at radius 1 is 1.46 bits per heavy atom. The minimum absolute atomic E-state index is 0.0563. The summed E-state index contributed by atoms with van der Waals surface area (Å²) in [5.74, 6) is -2.71. The van der Waals surface area contributed by atoms with Crippen LogP contribution in [0.3, 0.4) is 0 Å². The third kappa shape index (κ3) is 3.45. The van der Waals surface area contributed by atoms with Crippen LogP contribution in [0, 0.1) is 0 Å². The number of nitrogens with one attached hydrogen (secondary N) is 2. The Morgan fingerprint density at radius 2 is 2.12 bits per heavy atom. The molecule has 0 radical (unpaired) electrons. The van der Waals surface area contributed by atoms with Crippen molar-refractivity contribution >= 4 is 23.8 Å². The third-order valence-corrected chi connectivity index (χ3v) is 3.57. The highest BCUT2D eigenvalue weighted by Crippen LogP contribution is 2.30. The first-order valence-electron chi connectivity index (χ1n) is 7.06. The van der Waals surface area contributed by atoms with E-state index in [0.717, 1.165) is 4.90 Å². The molecule has 2 heterocycles. The van der Waals surface area contributed by atoms with Gasteiger partial charge in [0, 0.05) is 6.92 Å². The highest BCUT2D eigenvalue weighted by molar-refractivity contribution is 5.91. The molecule has 0 saturated carbocycles. The number of halogens is 1. The van der Waals surface area contributed by atoms with E-state index in [1.165, 1.54) is 6.92 Å². The number of carbonyl (C=O) groups is 4. The predicted octanol–water partition coefficient (Wildman–Crippen LogP) is -1.06. The number of carboxylic acid groups (broad SMARTS) is 1. The normalized spacial score (nSPS) is 23.6. The van der Waals surface area contributed by atoms with E-state index in [9.17, 15) is 23.6 Å². The lowest BCUT2D eigenvalue weighted by Gasteiger charge is -2.29. The summed E-state index contributed by atoms with van der Waals surface area (Å²) in [7, 11) is 0. The lowest BCUT2D eigenvalue weighted by atomic mass is 10.00. The summed E-state index contributed by atoms with van der Waals surface area (Å²) >= 11 is 0. The van der Waals surface area contributed by atoms with E-state index in [1.807, 2.05) is 0 Å². The van der Waals surface area contributed by atoms with Gasteiger partial charge in [-0.3, -0.25) is 9.59 Å². The van der Waals surface area contributed by atoms with Crippen LogP contribution in [0.2, 0.25) is 0 Å². The lowest BCUT2D eigenvalue weighted by Crippen LogP contribution is -2.51. The number of rotatable bonds is 6. The van der Waals surface area contributed by atoms with Gasteiger partial charge in [-0.2, -0.15) is 5.06 Å². The molecule has 4 amide bonds. The largest absolute Gasteiger partial charge is 0.477 e. The second-order valence-electron chi connectivity index (χ2n) is 5.35. The number of alkyl halides is 1. The first-order valence-corrected chi connectivity index (χ1v) is 7.06. The maximum atomic E-state index is 13.2. The molecule has 1 fully saturated rings. The van der Waals surface area contributed by atoms with Crippen LogP contribution in [-0.4, -0.2) is 70.5 Å². The van der Waals surface area contributed by atoms with Gasteiger partial charge in [-0.25, -0.2) is 18.8 Å². The molecule has 24 heavy (non-hydrogen) atoms. The number of urea groups is 1. The number of hydrogen-bond acceptors (Lipinski definition) is 5. The van der Waals surface area contributed by atoms with E-state index in [2.05, 4.69) is 15.5 Å². The second-order valence-corrected chi connectivity index (χ2v) is 5.35. The molecule has 0 aromatic rings. The summed E-state index contributed by atoms with van der Waals surface area (Å²) in [5.41, 5.74) is 0.525. The van der Waals surface area contributed by atoms with Crippen LogP contribution in [0.4, 0.5) is 9.18 Å². The molecular weight excluding hydrogens is 327 g/mol. The van der Waals surface area contributed by atoms with Gasteiger partial charge in [0.25, 0.3) is 0 Å². The zero-order valence-electron chi connectivity index (χ0n) is 13.0. The summed E-state index contributed by atoms with van der Waals surface area (Å²) in [6.07, 6.45) is -1.14. The van der Waals surface area contributed by atoms with E-state index < -0.39 is 36.3 Å². The second kappa shape index (κ2) is 6.83. The summed E-state index contributed by atoms with van der Waals surface area (Å²) in [4.78, 5) is 51.5. The first-order chi connectivity index (χ1) is 11.2. The molecule has 0 aliphatic carbocycles. The molecular formula is C13H17FN4O6. The highest BCUT2D eigenvalue weighted by Gasteiger charge is 2.48. The molecule has 3 N–H and O–H groups in total. The molecule has 1 saturated heterocycles. The molecule has 0 aromatic carbocycles. The number of carboxylic acids is 1. The molecule has 0 spiro atoms. The molecule has 10 nitrogen and oxygen atoms in total. The minimum Gasteiger partial charge on any atom is -0.477 e. The van der Waals surface area contributed by atoms with Crippen molar-refractivity contribution in [1.82, 2.24) is 20.6 Å². The van der Waals surface area contributed by atoms with Gasteiger partial charge in [-0.15, -0.1) is 0 Å². The van der Waals surface area contributed by atoms with Crippen molar-refractivity contribution < 1.29 is 33.5 Å². The van der Waals surface area contributed by atoms with Crippen LogP contribution < -0.4 is 10.6 Å². The molecule has 0 unspecified atom stereocenters. The van der Waals surface area contributed by atoms with Crippen molar-refractivity contribution in [2.45, 2.75) is 32.3 Å². The Morgan fingerprint density at radius 3 is 2.71 bits per heavy atom. The van der Waals surface area contributed by atoms with Gasteiger partial charge in [0.1, 0.15) is 6.04 Å². The van der Waals surface area contributed by atoms with Gasteiger partial charge in [-0.1, -0.05) is 6.08 Å². The number of nitrogens with zero attached hydrogens (tertiary/aromatic N) is 2. The summed E-state index contributed by atoms with van der Waals surface area (Å²) < 4.78 is 13.2. The molecule has 11 heteroatoms. The Balaban J connectivity index is 2.08. The van der Waals surface area contributed by atoms with Crippen molar-refractivity contribution in [2.24, 2.45) is 0 Å². The highest BCUT2D eigenvalue weighted by atomic mass is 19.1. The standard InChI is InChI=1S/C13H17FN4O6/c1-6-3-8-4-17(9(6)11(20)16-5-15-7(2)19)13(23)18(8)24-10(14)12(21)22/h3,8-10H,4-5H2,1-2H3,(H,15,19)(H,16,20)(H,21,22)/t8-,9+,10-/m1/s1. The van der Waals surface area contributed by atoms with Gasteiger partial charge in [0.2, 0.25) is 11.8 Å². The fourth-order valence-electron chi connectivity index (χ4n) is 2.57. The average Bonchev–Trinajstić information content (AvgIpc) is 2.72. The van der Waals surface area contributed by atoms with Gasteiger partial charge in [0.05, 0.1) is 19.3 Å². The predicted molar refractivity (Wildman–Crippen MR) is 75.7 cm³/mol. The van der Waals surface area contributed by atoms with Crippen LogP contribution in [-0.2, 0) is 19.2 Å². The maximum Gasteiger partial charge on any atom is 0.368 e. The van der Waals surface area contributed by atoms with E-state index in [0.29, 0.717) is 10.6 Å². The summed E-state index contributed by atoms with van der Waals surface area (Å²) in [6, 6.07) is -2.44. The number of fused-ring (bicyclic) bond motifs is 2. The quantitative estimate of drug-likeness (QED) is 0.416. The molecule has 2 aliphatic rings. The topological polar surface area (TPSA) is 128 Å². The van der Waals surface area contributed by atoms with Gasteiger partial charge in [0.15, 0.2) is 0 Å². The minimum atomic E-state index is -2.68. The fraction of sp³-hybridized carbons (Fsp3) is 0.538. The Bertz CT molecular complexity index is 609. The number of amides is 4. The van der Waals surface area contributed by atoms with Crippen molar-refractivity contribution in [1.29, 1.82) is 0 Å². The fourth-order valence-corrected chi connectivity index (χ4v) is 2.57. The van der Waals surface area contributed by atoms with Gasteiger partial charge >= 0.3 is 18.4 Å². The van der Waals surface area contributed by atoms with Crippen molar-refractivity contribution in [3.63, 3.8) is 0 Å². The summed E-state index contributed by atoms with van der Waals surface area (Å²) in [5, 5.41) is 14.0. The molecule has 2 bridgehead atoms. The number of hydroxylamine groups is 2. The van der Waals surface area contributed by atoms with Gasteiger partial charge in [-0.05, 0) is 12.5 Å². The van der Waals surface area contributed by atoms with Crippen molar-refractivity contribution in [3.05, 3.63) is 11.6 Å². The third-order valence-electron chi connectivity index (χ3n) is 3.57. The first kappa shape index (κ1) is 17.7. The molecule has 2 rings (SSSR count). The summed E-state index contributed by atoms with van der Waals surface area (Å²) in [6.45, 7) is 2.86. The van der Waals surface area contributed by atoms with E-state index in [-0.39, 0.29) is 19.1 Å². The number of aliphatic carboxylic acids is 1. The maximum absolute atomic E-state index is 13.2. The smallest absolute Gasteiger partial charge is 0.368 e. The molecule has 2 aliphatic heterocycles. The van der Waals surface area contributed by atoms with Crippen LogP contribution in [0.5, 0.6) is 0 Å². The number of hydrogen-bond donors (Lipinski definition) is 3. The SMILES string of the molecule is CC(=O)NCNC(=O)[C@@H]1C(C)=C[C@@H]2CN1C(=O)N2O[C@@H](F)C(=O)O. The van der Waals surface area contributed by atoms with Crippen LogP contribution in [0.1, 0.15) is 13.8 Å². The van der Waals surface area contributed by atoms with Crippen molar-refractivity contribution in [3.8, 4) is 0 Å². The molecule has 132 valence electrons. The Hall–Kier alpha value is -2.69. The average molecular weight is 344 g/mol. The van der Waals surface area contributed by atoms with E-state index >= 15 is 0 Å². The monoisotopic (exact) mass is 344 g/mol. The Labute approximate surface area is 136 Å². The van der Waals surface area contributed by atoms with Crippen LogP contribution >= 0.6 is 0 Å². The van der Waals surface area contributed by atoms with Crippen LogP contribution in [0.15, 0.2) is 11.6 Å². The molecule has 0 aromatic heterocycles. The van der Waals surface area contributed by atoms with Gasteiger partial charge < -0.3 is 20.6 Å². The van der Waals surface area contributed by atoms with E-state index in [4.69, 9.17) is 5.11 Å². The number of carbonyl (C=O) groups excluding carboxylic acids is 3. The zero-order chi connectivity index (χ0) is 18.0. The van der Waals surface area contributed by atoms with Crippen LogP contribution in [0.25, 0.3) is 0 Å². The lowest BCUT2D eigenvalue weighted by molar-refractivity contribution is -0.219. The van der Waals surface area contributed by atoms with E-state index in [1.54, 1.807) is 13.0 Å².